The molecule has 1 aromatic carbocycles. The van der Waals surface area contributed by atoms with E-state index in [0.717, 1.165) is 17.8 Å². The number of nitrogens with one attached hydrogen (secondary N) is 1. The van der Waals surface area contributed by atoms with E-state index in [2.05, 4.69) is 49.3 Å². The summed E-state index contributed by atoms with van der Waals surface area (Å²) >= 11 is 6.85. The highest BCUT2D eigenvalue weighted by atomic mass is 35.5. The molecule has 1 N–H and O–H groups in total. The van der Waals surface area contributed by atoms with Crippen molar-refractivity contribution in [2.45, 2.75) is 65.2 Å². The lowest BCUT2D eigenvalue weighted by molar-refractivity contribution is 0.102. The molecule has 0 bridgehead atoms. The standard InChI is InChI=1S/C26H34ClFN4O4SSi/c1-16-14-17(21-20(35-5)11-10-19(27)22(21)28)18(15-29-16)23(33)30-24-31-32(25(34)37-24)12-8-9-13-36-38(6,7)26(2,3)4/h10-11,14-15H,8-9,12-13H2,1-7H3,(H,30,31,33). The quantitative estimate of drug-likeness (QED) is 0.216. The maximum atomic E-state index is 15.1. The van der Waals surface area contributed by atoms with Gasteiger partial charge in [0.25, 0.3) is 5.91 Å². The number of halogens is 2. The Labute approximate surface area is 232 Å². The van der Waals surface area contributed by atoms with Crippen LogP contribution < -0.4 is 14.9 Å². The van der Waals surface area contributed by atoms with Crippen molar-refractivity contribution in [3.63, 3.8) is 0 Å². The van der Waals surface area contributed by atoms with Crippen LogP contribution in [0, 0.1) is 12.7 Å². The summed E-state index contributed by atoms with van der Waals surface area (Å²) in [4.78, 5) is 29.6. The van der Waals surface area contributed by atoms with Crippen LogP contribution in [0.25, 0.3) is 11.1 Å². The van der Waals surface area contributed by atoms with Gasteiger partial charge in [0.1, 0.15) is 5.75 Å². The predicted octanol–water partition coefficient (Wildman–Crippen LogP) is 6.53. The van der Waals surface area contributed by atoms with Crippen LogP contribution in [-0.2, 0) is 11.0 Å². The Morgan fingerprint density at radius 2 is 1.97 bits per heavy atom. The molecule has 0 spiro atoms. The zero-order chi connectivity index (χ0) is 28.3. The Morgan fingerprint density at radius 1 is 1.26 bits per heavy atom. The highest BCUT2D eigenvalue weighted by Gasteiger charge is 2.36. The first-order chi connectivity index (χ1) is 17.7. The Balaban J connectivity index is 1.73. The molecule has 0 saturated carbocycles. The molecule has 0 aliphatic carbocycles. The second-order valence-electron chi connectivity index (χ2n) is 10.5. The summed E-state index contributed by atoms with van der Waals surface area (Å²) in [6, 6.07) is 4.50. The minimum absolute atomic E-state index is 0.0503. The molecule has 0 atom stereocenters. The van der Waals surface area contributed by atoms with Gasteiger partial charge in [-0.05, 0) is 67.4 Å². The Bertz CT molecular complexity index is 1370. The number of amides is 1. The average molecular weight is 581 g/mol. The topological polar surface area (TPSA) is 95.3 Å². The molecule has 0 aliphatic heterocycles. The van der Waals surface area contributed by atoms with Crippen molar-refractivity contribution in [3.05, 3.63) is 56.2 Å². The maximum absolute atomic E-state index is 15.1. The number of pyridine rings is 1. The number of hydrogen-bond donors (Lipinski definition) is 1. The van der Waals surface area contributed by atoms with E-state index >= 15 is 4.39 Å². The fourth-order valence-electron chi connectivity index (χ4n) is 3.47. The smallest absolute Gasteiger partial charge is 0.326 e. The lowest BCUT2D eigenvalue weighted by atomic mass is 9.98. The molecule has 0 saturated heterocycles. The monoisotopic (exact) mass is 580 g/mol. The van der Waals surface area contributed by atoms with Gasteiger partial charge in [-0.15, -0.1) is 5.10 Å². The maximum Gasteiger partial charge on any atom is 0.326 e. The molecule has 8 nitrogen and oxygen atoms in total. The normalized spacial score (nSPS) is 12.0. The lowest BCUT2D eigenvalue weighted by Gasteiger charge is -2.36. The molecule has 3 aromatic rings. The molecule has 0 fully saturated rings. The third kappa shape index (κ3) is 6.88. The van der Waals surface area contributed by atoms with Crippen LogP contribution in [0.2, 0.25) is 23.2 Å². The molecular formula is C26H34ClFN4O4SSi. The number of nitrogens with zero attached hydrogens (tertiary/aromatic N) is 3. The minimum Gasteiger partial charge on any atom is -0.496 e. The molecule has 38 heavy (non-hydrogen) atoms. The summed E-state index contributed by atoms with van der Waals surface area (Å²) in [7, 11) is -0.404. The number of carbonyl (C=O) groups is 1. The number of aromatic nitrogens is 3. The second kappa shape index (κ2) is 12.1. The van der Waals surface area contributed by atoms with Crippen molar-refractivity contribution in [3.8, 4) is 16.9 Å². The van der Waals surface area contributed by atoms with Crippen molar-refractivity contribution in [2.24, 2.45) is 0 Å². The molecule has 2 heterocycles. The molecule has 12 heteroatoms. The fourth-order valence-corrected chi connectivity index (χ4v) is 5.40. The Morgan fingerprint density at radius 3 is 2.63 bits per heavy atom. The number of unbranched alkanes of at least 4 members (excludes halogenated alkanes) is 1. The van der Waals surface area contributed by atoms with Crippen molar-refractivity contribution >= 4 is 42.3 Å². The van der Waals surface area contributed by atoms with Gasteiger partial charge in [-0.25, -0.2) is 9.07 Å². The van der Waals surface area contributed by atoms with E-state index in [1.165, 1.54) is 30.1 Å². The number of rotatable bonds is 10. The van der Waals surface area contributed by atoms with Crippen molar-refractivity contribution in [1.29, 1.82) is 0 Å². The van der Waals surface area contributed by atoms with Gasteiger partial charge < -0.3 is 9.16 Å². The van der Waals surface area contributed by atoms with Crippen LogP contribution in [0.5, 0.6) is 5.75 Å². The zero-order valence-electron chi connectivity index (χ0n) is 22.8. The highest BCUT2D eigenvalue weighted by Crippen LogP contribution is 2.38. The molecule has 1 amide bonds. The molecule has 3 rings (SSSR count). The van der Waals surface area contributed by atoms with E-state index < -0.39 is 20.0 Å². The van der Waals surface area contributed by atoms with E-state index in [1.54, 1.807) is 13.0 Å². The van der Waals surface area contributed by atoms with Crippen molar-refractivity contribution in [1.82, 2.24) is 14.8 Å². The highest BCUT2D eigenvalue weighted by molar-refractivity contribution is 7.13. The first-order valence-electron chi connectivity index (χ1n) is 12.3. The van der Waals surface area contributed by atoms with Crippen molar-refractivity contribution < 1.29 is 18.3 Å². The number of hydrogen-bond acceptors (Lipinski definition) is 7. The summed E-state index contributed by atoms with van der Waals surface area (Å²) in [5.41, 5.74) is 0.978. The average Bonchev–Trinajstić information content (AvgIpc) is 3.18. The zero-order valence-corrected chi connectivity index (χ0v) is 25.3. The van der Waals surface area contributed by atoms with E-state index in [4.69, 9.17) is 20.8 Å². The number of anilines is 1. The number of carbonyl (C=O) groups excluding carboxylic acids is 1. The fraction of sp³-hybridized carbons (Fsp3) is 0.462. The molecule has 0 unspecified atom stereocenters. The number of benzene rings is 1. The van der Waals surface area contributed by atoms with Gasteiger partial charge >= 0.3 is 4.87 Å². The summed E-state index contributed by atoms with van der Waals surface area (Å²) in [5, 5.41) is 7.09. The number of aryl methyl sites for hydroxylation is 2. The first-order valence-corrected chi connectivity index (χ1v) is 16.4. The SMILES string of the molecule is COc1ccc(Cl)c(F)c1-c1cc(C)ncc1C(=O)Nc1nn(CCCCO[Si](C)(C)C(C)(C)C)c(=O)s1. The number of ether oxygens (including phenoxy) is 1. The third-order valence-electron chi connectivity index (χ3n) is 6.69. The van der Waals surface area contributed by atoms with E-state index in [0.29, 0.717) is 25.3 Å². The third-order valence-corrected chi connectivity index (χ3v) is 12.3. The minimum atomic E-state index is -1.81. The molecule has 0 aliphatic rings. The van der Waals surface area contributed by atoms with Crippen LogP contribution in [0.4, 0.5) is 9.52 Å². The molecule has 0 radical (unpaired) electrons. The van der Waals surface area contributed by atoms with Gasteiger partial charge in [0.15, 0.2) is 14.1 Å². The Kier molecular flexibility index (Phi) is 9.51. The summed E-state index contributed by atoms with van der Waals surface area (Å²) in [6.45, 7) is 13.8. The van der Waals surface area contributed by atoms with Crippen LogP contribution in [0.3, 0.4) is 0 Å². The first kappa shape index (κ1) is 29.9. The van der Waals surface area contributed by atoms with Crippen LogP contribution in [-0.4, -0.2) is 42.7 Å². The van der Waals surface area contributed by atoms with Gasteiger partial charge in [-0.1, -0.05) is 32.4 Å². The van der Waals surface area contributed by atoms with Crippen molar-refractivity contribution in [2.75, 3.05) is 19.0 Å². The summed E-state index contributed by atoms with van der Waals surface area (Å²) < 4.78 is 27.9. The summed E-state index contributed by atoms with van der Waals surface area (Å²) in [5.74, 6) is -1.08. The molecule has 206 valence electrons. The van der Waals surface area contributed by atoms with Crippen LogP contribution in [0.1, 0.15) is 49.7 Å². The van der Waals surface area contributed by atoms with Gasteiger partial charge in [0.05, 0.1) is 23.3 Å². The van der Waals surface area contributed by atoms with Crippen LogP contribution >= 0.6 is 22.9 Å². The van der Waals surface area contributed by atoms with Gasteiger partial charge in [-0.2, -0.15) is 0 Å². The summed E-state index contributed by atoms with van der Waals surface area (Å²) in [6.07, 6.45) is 2.86. The molecular weight excluding hydrogens is 547 g/mol. The van der Waals surface area contributed by atoms with E-state index in [9.17, 15) is 9.59 Å². The lowest BCUT2D eigenvalue weighted by Crippen LogP contribution is -2.41. The second-order valence-corrected chi connectivity index (χ2v) is 16.6. The Hall–Kier alpha value is -2.60. The van der Waals surface area contributed by atoms with Gasteiger partial charge in [0, 0.05) is 30.6 Å². The van der Waals surface area contributed by atoms with Gasteiger partial charge in [0.2, 0.25) is 5.13 Å². The molecule has 2 aromatic heterocycles. The number of methoxy groups -OCH3 is 1. The predicted molar refractivity (Wildman–Crippen MR) is 153 cm³/mol. The van der Waals surface area contributed by atoms with E-state index in [1.807, 2.05) is 0 Å². The largest absolute Gasteiger partial charge is 0.496 e. The van der Waals surface area contributed by atoms with Gasteiger partial charge in [-0.3, -0.25) is 19.9 Å². The van der Waals surface area contributed by atoms with Crippen LogP contribution in [0.15, 0.2) is 29.2 Å². The van der Waals surface area contributed by atoms with E-state index in [-0.39, 0.29) is 42.5 Å².